The first-order valence-electron chi connectivity index (χ1n) is 9.90. The summed E-state index contributed by atoms with van der Waals surface area (Å²) in [5, 5.41) is 9.15. The van der Waals surface area contributed by atoms with E-state index in [9.17, 15) is 9.59 Å². The van der Waals surface area contributed by atoms with Crippen LogP contribution in [0.4, 0.5) is 0 Å². The zero-order valence-electron chi connectivity index (χ0n) is 17.1. The first-order chi connectivity index (χ1) is 14.5. The number of aromatic nitrogens is 1. The molecule has 0 saturated heterocycles. The fourth-order valence-corrected chi connectivity index (χ4v) is 3.10. The molecule has 5 nitrogen and oxygen atoms in total. The minimum atomic E-state index is -0.975. The highest BCUT2D eigenvalue weighted by Gasteiger charge is 2.16. The van der Waals surface area contributed by atoms with Crippen LogP contribution >= 0.6 is 0 Å². The Kier molecular flexibility index (Phi) is 6.86. The van der Waals surface area contributed by atoms with Gasteiger partial charge in [0.2, 0.25) is 5.78 Å². The monoisotopic (exact) mass is 403 g/mol. The van der Waals surface area contributed by atoms with E-state index in [0.29, 0.717) is 30.0 Å². The average Bonchev–Trinajstić information content (AvgIpc) is 3.20. The van der Waals surface area contributed by atoms with Gasteiger partial charge < -0.3 is 14.4 Å². The maximum Gasteiger partial charge on any atom is 0.344 e. The van der Waals surface area contributed by atoms with Crippen LogP contribution < -0.4 is 4.74 Å². The van der Waals surface area contributed by atoms with Crippen molar-refractivity contribution in [2.75, 3.05) is 0 Å². The highest BCUT2D eigenvalue weighted by Crippen LogP contribution is 2.18. The van der Waals surface area contributed by atoms with E-state index in [1.807, 2.05) is 78.4 Å². The van der Waals surface area contributed by atoms with Gasteiger partial charge in [0.1, 0.15) is 5.75 Å². The van der Waals surface area contributed by atoms with Crippen LogP contribution in [0.5, 0.6) is 5.75 Å². The summed E-state index contributed by atoms with van der Waals surface area (Å²) in [5.41, 5.74) is 3.31. The minimum absolute atomic E-state index is 0.0110. The number of hydrogen-bond acceptors (Lipinski definition) is 3. The van der Waals surface area contributed by atoms with E-state index in [2.05, 4.69) is 0 Å². The molecule has 1 atom stereocenters. The van der Waals surface area contributed by atoms with Gasteiger partial charge in [-0.25, -0.2) is 4.79 Å². The zero-order valence-corrected chi connectivity index (χ0v) is 17.1. The van der Waals surface area contributed by atoms with E-state index in [-0.39, 0.29) is 5.78 Å². The molecule has 0 aliphatic carbocycles. The third-order valence-electron chi connectivity index (χ3n) is 4.77. The standard InChI is InChI=1S/C25H25NO4/c1-3-23(25(28)29)30-21-9-4-7-19(17-21)8-5-15-26-16-6-10-22(26)24(27)20-13-11-18(2)12-14-20/h4-14,16-17,23H,3,15H2,1-2H3,(H,28,29)/b8-5+. The number of carbonyl (C=O) groups excluding carboxylic acids is 1. The quantitative estimate of drug-likeness (QED) is 0.512. The molecule has 1 unspecified atom stereocenters. The lowest BCUT2D eigenvalue weighted by Gasteiger charge is -2.13. The van der Waals surface area contributed by atoms with Crippen LogP contribution in [0, 0.1) is 6.92 Å². The molecule has 3 rings (SSSR count). The van der Waals surface area contributed by atoms with Crippen LogP contribution in [0.2, 0.25) is 0 Å². The van der Waals surface area contributed by atoms with E-state index in [1.54, 1.807) is 19.1 Å². The Labute approximate surface area is 176 Å². The number of aryl methyl sites for hydroxylation is 1. The van der Waals surface area contributed by atoms with Crippen molar-refractivity contribution in [1.29, 1.82) is 0 Å². The topological polar surface area (TPSA) is 68.5 Å². The molecule has 0 fully saturated rings. The maximum absolute atomic E-state index is 12.8. The van der Waals surface area contributed by atoms with E-state index in [4.69, 9.17) is 9.84 Å². The number of benzene rings is 2. The number of allylic oxidation sites excluding steroid dienone is 1. The molecule has 1 N–H and O–H groups in total. The summed E-state index contributed by atoms with van der Waals surface area (Å²) >= 11 is 0. The fraction of sp³-hybridized carbons (Fsp3) is 0.200. The highest BCUT2D eigenvalue weighted by atomic mass is 16.5. The third kappa shape index (κ3) is 5.26. The van der Waals surface area contributed by atoms with Crippen molar-refractivity contribution in [3.63, 3.8) is 0 Å². The van der Waals surface area contributed by atoms with Gasteiger partial charge in [0.15, 0.2) is 6.10 Å². The summed E-state index contributed by atoms with van der Waals surface area (Å²) in [4.78, 5) is 24.0. The predicted molar refractivity (Wildman–Crippen MR) is 117 cm³/mol. The summed E-state index contributed by atoms with van der Waals surface area (Å²) < 4.78 is 7.44. The summed E-state index contributed by atoms with van der Waals surface area (Å²) in [6.07, 6.45) is 5.29. The Balaban J connectivity index is 1.69. The molecule has 154 valence electrons. The molecule has 30 heavy (non-hydrogen) atoms. The molecule has 1 heterocycles. The SMILES string of the molecule is CCC(Oc1cccc(/C=C/Cn2cccc2C(=O)c2ccc(C)cc2)c1)C(=O)O. The predicted octanol–water partition coefficient (Wildman–Crippen LogP) is 4.98. The lowest BCUT2D eigenvalue weighted by molar-refractivity contribution is -0.145. The number of ether oxygens (including phenoxy) is 1. The van der Waals surface area contributed by atoms with Crippen molar-refractivity contribution < 1.29 is 19.4 Å². The lowest BCUT2D eigenvalue weighted by atomic mass is 10.1. The van der Waals surface area contributed by atoms with Crippen molar-refractivity contribution in [3.05, 3.63) is 95.3 Å². The molecule has 0 saturated carbocycles. The van der Waals surface area contributed by atoms with Gasteiger partial charge in [-0.2, -0.15) is 0 Å². The van der Waals surface area contributed by atoms with Crippen LogP contribution in [-0.2, 0) is 11.3 Å². The van der Waals surface area contributed by atoms with Gasteiger partial charge in [-0.1, -0.05) is 61.0 Å². The molecule has 0 spiro atoms. The van der Waals surface area contributed by atoms with Crippen molar-refractivity contribution in [3.8, 4) is 5.75 Å². The van der Waals surface area contributed by atoms with Crippen LogP contribution in [0.1, 0.15) is 40.5 Å². The molecule has 2 aromatic carbocycles. The molecule has 1 aromatic heterocycles. The molecule has 0 amide bonds. The fourth-order valence-electron chi connectivity index (χ4n) is 3.10. The molecule has 0 aliphatic heterocycles. The lowest BCUT2D eigenvalue weighted by Crippen LogP contribution is -2.25. The second-order valence-electron chi connectivity index (χ2n) is 7.07. The summed E-state index contributed by atoms with van der Waals surface area (Å²) in [6.45, 7) is 4.30. The van der Waals surface area contributed by atoms with E-state index in [1.165, 1.54) is 0 Å². The number of hydrogen-bond donors (Lipinski definition) is 1. The van der Waals surface area contributed by atoms with Gasteiger partial charge in [-0.15, -0.1) is 0 Å². The van der Waals surface area contributed by atoms with Gasteiger partial charge in [0, 0.05) is 18.3 Å². The third-order valence-corrected chi connectivity index (χ3v) is 4.77. The minimum Gasteiger partial charge on any atom is -0.479 e. The smallest absolute Gasteiger partial charge is 0.344 e. The number of aliphatic carboxylic acids is 1. The maximum atomic E-state index is 12.8. The van der Waals surface area contributed by atoms with Crippen molar-refractivity contribution in [2.45, 2.75) is 32.9 Å². The van der Waals surface area contributed by atoms with Crippen LogP contribution in [-0.4, -0.2) is 27.5 Å². The number of carbonyl (C=O) groups is 2. The van der Waals surface area contributed by atoms with E-state index >= 15 is 0 Å². The molecular weight excluding hydrogens is 378 g/mol. The summed E-state index contributed by atoms with van der Waals surface area (Å²) in [5.74, 6) is -0.470. The van der Waals surface area contributed by atoms with Crippen LogP contribution in [0.25, 0.3) is 6.08 Å². The van der Waals surface area contributed by atoms with E-state index in [0.717, 1.165) is 11.1 Å². The van der Waals surface area contributed by atoms with Gasteiger partial charge in [0.05, 0.1) is 5.69 Å². The number of ketones is 1. The Morgan fingerprint density at radius 3 is 2.57 bits per heavy atom. The van der Waals surface area contributed by atoms with Crippen LogP contribution in [0.15, 0.2) is 72.9 Å². The first kappa shape index (κ1) is 21.1. The normalized spacial score (nSPS) is 12.1. The first-order valence-corrected chi connectivity index (χ1v) is 9.90. The summed E-state index contributed by atoms with van der Waals surface area (Å²) in [6, 6.07) is 18.5. The van der Waals surface area contributed by atoms with Gasteiger partial charge in [-0.05, 0) is 43.2 Å². The van der Waals surface area contributed by atoms with Crippen molar-refractivity contribution in [1.82, 2.24) is 4.57 Å². The average molecular weight is 403 g/mol. The van der Waals surface area contributed by atoms with Gasteiger partial charge in [0.25, 0.3) is 0 Å². The molecular formula is C25H25NO4. The highest BCUT2D eigenvalue weighted by molar-refractivity contribution is 6.08. The number of carboxylic acid groups (broad SMARTS) is 1. The van der Waals surface area contributed by atoms with Gasteiger partial charge in [-0.3, -0.25) is 4.79 Å². The molecule has 5 heteroatoms. The Morgan fingerprint density at radius 1 is 1.10 bits per heavy atom. The van der Waals surface area contributed by atoms with Crippen molar-refractivity contribution in [2.24, 2.45) is 0 Å². The molecule has 3 aromatic rings. The van der Waals surface area contributed by atoms with Gasteiger partial charge >= 0.3 is 5.97 Å². The number of carboxylic acids is 1. The van der Waals surface area contributed by atoms with E-state index < -0.39 is 12.1 Å². The number of nitrogens with zero attached hydrogens (tertiary/aromatic N) is 1. The van der Waals surface area contributed by atoms with Crippen molar-refractivity contribution >= 4 is 17.8 Å². The Bertz CT molecular complexity index is 1050. The Hall–Kier alpha value is -3.60. The number of rotatable bonds is 9. The molecule has 0 radical (unpaired) electrons. The zero-order chi connectivity index (χ0) is 21.5. The molecule has 0 bridgehead atoms. The Morgan fingerprint density at radius 2 is 1.87 bits per heavy atom. The largest absolute Gasteiger partial charge is 0.479 e. The van der Waals surface area contributed by atoms with Crippen LogP contribution in [0.3, 0.4) is 0 Å². The summed E-state index contributed by atoms with van der Waals surface area (Å²) in [7, 11) is 0. The second-order valence-corrected chi connectivity index (χ2v) is 7.07. The molecule has 0 aliphatic rings. The second kappa shape index (κ2) is 9.74.